The number of nitrogens with zero attached hydrogens (tertiary/aromatic N) is 3. The van der Waals surface area contributed by atoms with E-state index in [2.05, 4.69) is 10.3 Å². The highest BCUT2D eigenvalue weighted by atomic mass is 19.1. The van der Waals surface area contributed by atoms with Gasteiger partial charge in [-0.3, -0.25) is 4.79 Å². The van der Waals surface area contributed by atoms with E-state index in [1.54, 1.807) is 16.8 Å². The summed E-state index contributed by atoms with van der Waals surface area (Å²) in [6.07, 6.45) is 7.84. The highest BCUT2D eigenvalue weighted by Gasteiger charge is 2.26. The molecule has 0 amide bonds. The van der Waals surface area contributed by atoms with Crippen LogP contribution < -0.4 is 10.9 Å². The maximum absolute atomic E-state index is 13.3. The first-order chi connectivity index (χ1) is 13.7. The van der Waals surface area contributed by atoms with Gasteiger partial charge in [0, 0.05) is 18.2 Å². The number of halogens is 1. The summed E-state index contributed by atoms with van der Waals surface area (Å²) in [4.78, 5) is 16.8. The summed E-state index contributed by atoms with van der Waals surface area (Å²) >= 11 is 0. The summed E-state index contributed by atoms with van der Waals surface area (Å²) in [5, 5.41) is 8.02. The Morgan fingerprint density at radius 2 is 1.93 bits per heavy atom. The molecule has 0 aliphatic heterocycles. The molecule has 146 valence electrons. The van der Waals surface area contributed by atoms with Crippen molar-refractivity contribution in [2.24, 2.45) is 0 Å². The molecule has 0 radical (unpaired) electrons. The molecule has 28 heavy (non-hydrogen) atoms. The summed E-state index contributed by atoms with van der Waals surface area (Å²) < 4.78 is 20.7. The highest BCUT2D eigenvalue weighted by molar-refractivity contribution is 5.74. The minimum Gasteiger partial charge on any atom is -0.424 e. The summed E-state index contributed by atoms with van der Waals surface area (Å²) in [6, 6.07) is 6.92. The van der Waals surface area contributed by atoms with E-state index in [9.17, 15) is 9.18 Å². The maximum atomic E-state index is 13.3. The van der Waals surface area contributed by atoms with Crippen LogP contribution in [-0.4, -0.2) is 20.8 Å². The van der Waals surface area contributed by atoms with Crippen LogP contribution in [0, 0.1) is 5.82 Å². The van der Waals surface area contributed by atoms with Gasteiger partial charge in [-0.2, -0.15) is 10.1 Å². The number of rotatable bonds is 3. The van der Waals surface area contributed by atoms with Crippen molar-refractivity contribution < 1.29 is 8.81 Å². The van der Waals surface area contributed by atoms with E-state index in [1.807, 2.05) is 0 Å². The Hall–Kier alpha value is -2.70. The first-order valence-corrected chi connectivity index (χ1v) is 10.1. The minimum atomic E-state index is -0.323. The molecule has 7 heteroatoms. The fourth-order valence-corrected chi connectivity index (χ4v) is 4.44. The summed E-state index contributed by atoms with van der Waals surface area (Å²) in [6.45, 7) is 0. The number of fused-ring (bicyclic) bond motifs is 2. The van der Waals surface area contributed by atoms with Crippen LogP contribution in [0.25, 0.3) is 11.1 Å². The van der Waals surface area contributed by atoms with Crippen molar-refractivity contribution in [3.05, 3.63) is 51.7 Å². The quantitative estimate of drug-likeness (QED) is 0.741. The number of hydrogen-bond acceptors (Lipinski definition) is 5. The van der Waals surface area contributed by atoms with Crippen molar-refractivity contribution in [1.82, 2.24) is 14.8 Å². The monoisotopic (exact) mass is 382 g/mol. The second-order valence-corrected chi connectivity index (χ2v) is 7.89. The lowest BCUT2D eigenvalue weighted by molar-refractivity contribution is 0.298. The fourth-order valence-electron chi connectivity index (χ4n) is 4.44. The number of nitrogens with one attached hydrogen (secondary N) is 1. The number of benzene rings is 1. The molecule has 0 saturated heterocycles. The predicted molar refractivity (Wildman–Crippen MR) is 104 cm³/mol. The van der Waals surface area contributed by atoms with E-state index in [0.29, 0.717) is 17.1 Å². The summed E-state index contributed by atoms with van der Waals surface area (Å²) in [5.41, 5.74) is 3.35. The standard InChI is InChI=1S/C21H23FN4O2/c22-14-5-10-19-18(12-14)24-21(28-19)23-15-6-8-16(9-7-15)26-20(27)11-13-3-1-2-4-17(13)25-26/h5,10-12,15-16H,1-4,6-9H2,(H,23,24). The normalized spacial score (nSPS) is 22.2. The summed E-state index contributed by atoms with van der Waals surface area (Å²) in [5.74, 6) is -0.323. The topological polar surface area (TPSA) is 73.0 Å². The molecule has 0 bridgehead atoms. The van der Waals surface area contributed by atoms with Crippen molar-refractivity contribution in [1.29, 1.82) is 0 Å². The van der Waals surface area contributed by atoms with E-state index in [4.69, 9.17) is 9.52 Å². The third-order valence-electron chi connectivity index (χ3n) is 5.95. The van der Waals surface area contributed by atoms with E-state index >= 15 is 0 Å². The molecule has 1 fully saturated rings. The largest absolute Gasteiger partial charge is 0.424 e. The Kier molecular flexibility index (Phi) is 4.37. The van der Waals surface area contributed by atoms with Gasteiger partial charge in [-0.25, -0.2) is 9.07 Å². The third kappa shape index (κ3) is 3.30. The number of hydrogen-bond donors (Lipinski definition) is 1. The lowest BCUT2D eigenvalue weighted by Crippen LogP contribution is -2.34. The maximum Gasteiger partial charge on any atom is 0.295 e. The zero-order valence-electron chi connectivity index (χ0n) is 15.7. The van der Waals surface area contributed by atoms with Crippen molar-refractivity contribution in [2.45, 2.75) is 63.5 Å². The third-order valence-corrected chi connectivity index (χ3v) is 5.95. The molecule has 2 aliphatic rings. The molecule has 1 aromatic carbocycles. The SMILES string of the molecule is O=c1cc2c(nn1C1CCC(Nc3nc4cc(F)ccc4o3)CC1)CCCC2. The van der Waals surface area contributed by atoms with E-state index in [-0.39, 0.29) is 23.5 Å². The predicted octanol–water partition coefficient (Wildman–Crippen LogP) is 4.00. The van der Waals surface area contributed by atoms with Crippen LogP contribution in [0.3, 0.4) is 0 Å². The van der Waals surface area contributed by atoms with Crippen molar-refractivity contribution >= 4 is 17.1 Å². The Labute approximate surface area is 161 Å². The second kappa shape index (κ2) is 7.04. The van der Waals surface area contributed by atoms with Crippen LogP contribution in [0.5, 0.6) is 0 Å². The molecule has 5 rings (SSSR count). The lowest BCUT2D eigenvalue weighted by Gasteiger charge is -2.29. The molecule has 2 aliphatic carbocycles. The Bertz CT molecular complexity index is 1070. The van der Waals surface area contributed by atoms with Gasteiger partial charge in [-0.15, -0.1) is 0 Å². The van der Waals surface area contributed by atoms with Crippen LogP contribution >= 0.6 is 0 Å². The average molecular weight is 382 g/mol. The molecule has 3 aromatic rings. The number of aryl methyl sites for hydroxylation is 2. The second-order valence-electron chi connectivity index (χ2n) is 7.89. The smallest absolute Gasteiger partial charge is 0.295 e. The zero-order chi connectivity index (χ0) is 19.1. The Balaban J connectivity index is 1.26. The van der Waals surface area contributed by atoms with E-state index in [0.717, 1.165) is 62.6 Å². The van der Waals surface area contributed by atoms with Crippen molar-refractivity contribution in [3.63, 3.8) is 0 Å². The molecule has 6 nitrogen and oxygen atoms in total. The van der Waals surface area contributed by atoms with Gasteiger partial charge in [-0.1, -0.05) is 0 Å². The van der Waals surface area contributed by atoms with Crippen LogP contribution in [0.15, 0.2) is 33.5 Å². The van der Waals surface area contributed by atoms with Gasteiger partial charge in [0.25, 0.3) is 11.6 Å². The van der Waals surface area contributed by atoms with Gasteiger partial charge in [0.2, 0.25) is 0 Å². The molecule has 0 atom stereocenters. The van der Waals surface area contributed by atoms with Crippen LogP contribution in [0.2, 0.25) is 0 Å². The van der Waals surface area contributed by atoms with Gasteiger partial charge < -0.3 is 9.73 Å². The van der Waals surface area contributed by atoms with Gasteiger partial charge >= 0.3 is 0 Å². The van der Waals surface area contributed by atoms with Crippen molar-refractivity contribution in [2.75, 3.05) is 5.32 Å². The van der Waals surface area contributed by atoms with Gasteiger partial charge in [-0.05, 0) is 69.1 Å². The molecule has 1 N–H and O–H groups in total. The molecule has 1 saturated carbocycles. The van der Waals surface area contributed by atoms with Crippen LogP contribution in [0.4, 0.5) is 10.4 Å². The molecule has 2 aromatic heterocycles. The summed E-state index contributed by atoms with van der Waals surface area (Å²) in [7, 11) is 0. The van der Waals surface area contributed by atoms with Gasteiger partial charge in [0.15, 0.2) is 5.58 Å². The fraction of sp³-hybridized carbons (Fsp3) is 0.476. The van der Waals surface area contributed by atoms with Crippen molar-refractivity contribution in [3.8, 4) is 0 Å². The molecule has 0 spiro atoms. The van der Waals surface area contributed by atoms with Crippen LogP contribution in [0.1, 0.15) is 55.8 Å². The zero-order valence-corrected chi connectivity index (χ0v) is 15.7. The first kappa shape index (κ1) is 17.4. The molecule has 2 heterocycles. The number of anilines is 1. The average Bonchev–Trinajstić information content (AvgIpc) is 3.09. The number of aromatic nitrogens is 3. The molecular formula is C21H23FN4O2. The molecular weight excluding hydrogens is 359 g/mol. The Morgan fingerprint density at radius 3 is 2.79 bits per heavy atom. The van der Waals surface area contributed by atoms with Crippen LogP contribution in [-0.2, 0) is 12.8 Å². The first-order valence-electron chi connectivity index (χ1n) is 10.1. The van der Waals surface area contributed by atoms with Gasteiger partial charge in [0.05, 0.1) is 11.7 Å². The number of oxazole rings is 1. The van der Waals surface area contributed by atoms with E-state index < -0.39 is 0 Å². The highest BCUT2D eigenvalue weighted by Crippen LogP contribution is 2.30. The minimum absolute atomic E-state index is 0.0260. The van der Waals surface area contributed by atoms with Gasteiger partial charge in [0.1, 0.15) is 11.3 Å². The van der Waals surface area contributed by atoms with E-state index in [1.165, 1.54) is 12.1 Å². The Morgan fingerprint density at radius 1 is 1.11 bits per heavy atom. The lowest BCUT2D eigenvalue weighted by atomic mass is 9.91. The molecule has 0 unspecified atom stereocenters.